The molecule has 12 heteroatoms. The van der Waals surface area contributed by atoms with E-state index in [1.54, 1.807) is 19.1 Å². The first-order valence-corrected chi connectivity index (χ1v) is 13.2. The predicted octanol–water partition coefficient (Wildman–Crippen LogP) is 5.47. The zero-order valence-electron chi connectivity index (χ0n) is 20.9. The third-order valence-corrected chi connectivity index (χ3v) is 7.07. The van der Waals surface area contributed by atoms with Crippen LogP contribution in [-0.2, 0) is 27.4 Å². The van der Waals surface area contributed by atoms with E-state index in [9.17, 15) is 31.2 Å². The third kappa shape index (κ3) is 6.90. The second-order valence-corrected chi connectivity index (χ2v) is 11.1. The van der Waals surface area contributed by atoms with Gasteiger partial charge in [0, 0.05) is 17.8 Å². The Morgan fingerprint density at radius 3 is 2.32 bits per heavy atom. The first-order chi connectivity index (χ1) is 17.6. The van der Waals surface area contributed by atoms with Gasteiger partial charge in [-0.2, -0.15) is 13.2 Å². The number of nitrogens with one attached hydrogen (secondary N) is 2. The van der Waals surface area contributed by atoms with Gasteiger partial charge < -0.3 is 5.32 Å². The number of alkyl halides is 3. The molecule has 3 aromatic rings. The molecule has 2 aromatic carbocycles. The van der Waals surface area contributed by atoms with Crippen molar-refractivity contribution < 1.29 is 31.2 Å². The van der Waals surface area contributed by atoms with Crippen molar-refractivity contribution in [2.75, 3.05) is 4.72 Å². The van der Waals surface area contributed by atoms with Crippen LogP contribution in [0.5, 0.6) is 0 Å². The molecule has 1 aromatic heterocycles. The van der Waals surface area contributed by atoms with Crippen LogP contribution in [0.4, 0.5) is 18.9 Å². The van der Waals surface area contributed by atoms with E-state index in [2.05, 4.69) is 15.0 Å². The molecule has 3 rings (SSSR count). The minimum atomic E-state index is -4.76. The molecule has 38 heavy (non-hydrogen) atoms. The van der Waals surface area contributed by atoms with Crippen molar-refractivity contribution in [1.29, 1.82) is 0 Å². The number of benzene rings is 2. The van der Waals surface area contributed by atoms with Gasteiger partial charge in [0.05, 0.1) is 27.6 Å². The van der Waals surface area contributed by atoms with Gasteiger partial charge in [-0.1, -0.05) is 29.8 Å². The van der Waals surface area contributed by atoms with E-state index in [1.165, 1.54) is 13.0 Å². The largest absolute Gasteiger partial charge is 0.416 e. The van der Waals surface area contributed by atoms with Crippen LogP contribution < -0.4 is 10.0 Å². The lowest BCUT2D eigenvalue weighted by Crippen LogP contribution is -2.31. The molecule has 202 valence electrons. The molecule has 0 fully saturated rings. The van der Waals surface area contributed by atoms with E-state index in [-0.39, 0.29) is 45.9 Å². The average Bonchev–Trinajstić information content (AvgIpc) is 2.78. The quantitative estimate of drug-likeness (QED) is 0.351. The third-order valence-electron chi connectivity index (χ3n) is 5.50. The van der Waals surface area contributed by atoms with Crippen LogP contribution >= 0.6 is 11.6 Å². The second-order valence-electron chi connectivity index (χ2n) is 9.01. The summed E-state index contributed by atoms with van der Waals surface area (Å²) >= 11 is 6.00. The topological polar surface area (TPSA) is 105 Å². The molecule has 2 N–H and O–H groups in total. The number of pyridine rings is 1. The molecular weight excluding hydrogens is 543 g/mol. The fourth-order valence-electron chi connectivity index (χ4n) is 3.69. The van der Waals surface area contributed by atoms with Gasteiger partial charge in [-0.3, -0.25) is 14.3 Å². The molecule has 0 bridgehead atoms. The van der Waals surface area contributed by atoms with Crippen molar-refractivity contribution in [1.82, 2.24) is 10.3 Å². The van der Waals surface area contributed by atoms with Gasteiger partial charge in [-0.05, 0) is 68.7 Å². The zero-order valence-corrected chi connectivity index (χ0v) is 22.5. The monoisotopic (exact) mass is 567 g/mol. The van der Waals surface area contributed by atoms with Crippen LogP contribution in [0.25, 0.3) is 0 Å². The van der Waals surface area contributed by atoms with Crippen molar-refractivity contribution in [2.45, 2.75) is 51.2 Å². The van der Waals surface area contributed by atoms with E-state index >= 15 is 0 Å². The van der Waals surface area contributed by atoms with E-state index in [0.29, 0.717) is 17.2 Å². The van der Waals surface area contributed by atoms with E-state index in [4.69, 9.17) is 11.6 Å². The Labute approximate surface area is 223 Å². The Morgan fingerprint density at radius 1 is 1.03 bits per heavy atom. The van der Waals surface area contributed by atoms with Crippen molar-refractivity contribution in [3.63, 3.8) is 0 Å². The van der Waals surface area contributed by atoms with E-state index in [0.717, 1.165) is 24.4 Å². The molecule has 0 aliphatic heterocycles. The molecule has 0 radical (unpaired) electrons. The smallest absolute Gasteiger partial charge is 0.354 e. The maximum atomic E-state index is 13.5. The highest BCUT2D eigenvalue weighted by Gasteiger charge is 2.34. The SMILES string of the molecule is Cc1ccc(CC(=O)NC(C)C)cc1C(=O)c1ncc(Cl)cc1NS(=O)(=O)c1ccc(C)c(C(F)(F)F)c1. The van der Waals surface area contributed by atoms with Crippen LogP contribution in [0.15, 0.2) is 53.6 Å². The van der Waals surface area contributed by atoms with Crippen LogP contribution in [0.3, 0.4) is 0 Å². The standard InChI is InChI=1S/C26H25ClF3N3O4S/c1-14(2)32-23(34)10-17-7-5-15(3)20(9-17)25(35)24-22(11-18(27)13-31-24)33-38(36,37)19-8-6-16(4)21(12-19)26(28,29)30/h5-9,11-14,33H,10H2,1-4H3,(H,32,34). The van der Waals surface area contributed by atoms with Gasteiger partial charge in [-0.15, -0.1) is 0 Å². The Kier molecular flexibility index (Phi) is 8.52. The van der Waals surface area contributed by atoms with Crippen LogP contribution in [0.2, 0.25) is 5.02 Å². The molecule has 0 aliphatic rings. The van der Waals surface area contributed by atoms with Gasteiger partial charge in [0.1, 0.15) is 5.69 Å². The lowest BCUT2D eigenvalue weighted by molar-refractivity contribution is -0.138. The molecule has 1 amide bonds. The molecule has 0 atom stereocenters. The Balaban J connectivity index is 2.00. The number of halogens is 4. The second kappa shape index (κ2) is 11.1. The summed E-state index contributed by atoms with van der Waals surface area (Å²) in [5, 5.41) is 2.76. The number of aromatic nitrogens is 1. The number of nitrogens with zero attached hydrogens (tertiary/aromatic N) is 1. The molecule has 0 aliphatic carbocycles. The Hall–Kier alpha value is -3.44. The number of ketones is 1. The lowest BCUT2D eigenvalue weighted by Gasteiger charge is -2.15. The summed E-state index contributed by atoms with van der Waals surface area (Å²) in [6, 6.07) is 8.54. The van der Waals surface area contributed by atoms with Crippen molar-refractivity contribution in [2.24, 2.45) is 0 Å². The summed E-state index contributed by atoms with van der Waals surface area (Å²) < 4.78 is 68.3. The highest BCUT2D eigenvalue weighted by atomic mass is 35.5. The normalized spacial score (nSPS) is 11.9. The summed E-state index contributed by atoms with van der Waals surface area (Å²) in [5.74, 6) is -0.903. The highest BCUT2D eigenvalue weighted by molar-refractivity contribution is 7.92. The number of hydrogen-bond donors (Lipinski definition) is 2. The molecule has 1 heterocycles. The molecule has 0 spiro atoms. The summed E-state index contributed by atoms with van der Waals surface area (Å²) in [6.07, 6.45) is -3.60. The molecule has 0 saturated heterocycles. The molecule has 0 saturated carbocycles. The van der Waals surface area contributed by atoms with Gasteiger partial charge in [-0.25, -0.2) is 13.4 Å². The average molecular weight is 568 g/mol. The van der Waals surface area contributed by atoms with Gasteiger partial charge in [0.2, 0.25) is 11.7 Å². The van der Waals surface area contributed by atoms with Crippen molar-refractivity contribution in [3.8, 4) is 0 Å². The maximum Gasteiger partial charge on any atom is 0.416 e. The van der Waals surface area contributed by atoms with E-state index < -0.39 is 32.4 Å². The van der Waals surface area contributed by atoms with Crippen LogP contribution in [0, 0.1) is 13.8 Å². The number of hydrogen-bond acceptors (Lipinski definition) is 5. The number of carbonyl (C=O) groups excluding carboxylic acids is 2. The first kappa shape index (κ1) is 29.1. The Bertz CT molecular complexity index is 1510. The predicted molar refractivity (Wildman–Crippen MR) is 138 cm³/mol. The number of amides is 1. The Morgan fingerprint density at radius 2 is 1.68 bits per heavy atom. The van der Waals surface area contributed by atoms with Gasteiger partial charge >= 0.3 is 6.18 Å². The zero-order chi connectivity index (χ0) is 28.4. The molecular formula is C26H25ClF3N3O4S. The molecule has 0 unspecified atom stereocenters. The van der Waals surface area contributed by atoms with E-state index in [1.807, 2.05) is 13.8 Å². The summed E-state index contributed by atoms with van der Waals surface area (Å²) in [5.41, 5.74) is -0.602. The maximum absolute atomic E-state index is 13.5. The van der Waals surface area contributed by atoms with Crippen LogP contribution in [0.1, 0.15) is 52.2 Å². The first-order valence-electron chi connectivity index (χ1n) is 11.4. The minimum Gasteiger partial charge on any atom is -0.354 e. The fraction of sp³-hybridized carbons (Fsp3) is 0.269. The fourth-order valence-corrected chi connectivity index (χ4v) is 4.93. The summed E-state index contributed by atoms with van der Waals surface area (Å²) in [4.78, 5) is 29.0. The number of aryl methyl sites for hydroxylation is 2. The number of rotatable bonds is 8. The summed E-state index contributed by atoms with van der Waals surface area (Å²) in [7, 11) is -4.57. The minimum absolute atomic E-state index is 0.00466. The van der Waals surface area contributed by atoms with Crippen LogP contribution in [-0.4, -0.2) is 31.1 Å². The number of sulfonamides is 1. The van der Waals surface area contributed by atoms with Crippen molar-refractivity contribution >= 4 is 39.0 Å². The van der Waals surface area contributed by atoms with Gasteiger partial charge in [0.15, 0.2) is 0 Å². The van der Waals surface area contributed by atoms with Gasteiger partial charge in [0.25, 0.3) is 10.0 Å². The number of anilines is 1. The summed E-state index contributed by atoms with van der Waals surface area (Å²) in [6.45, 7) is 6.51. The highest BCUT2D eigenvalue weighted by Crippen LogP contribution is 2.34. The number of carbonyl (C=O) groups is 2. The lowest BCUT2D eigenvalue weighted by atomic mass is 9.97. The van der Waals surface area contributed by atoms with Crippen molar-refractivity contribution in [3.05, 3.63) is 87.2 Å². The molecule has 7 nitrogen and oxygen atoms in total.